The molecule has 0 amide bonds. The Labute approximate surface area is 137 Å². The summed E-state index contributed by atoms with van der Waals surface area (Å²) in [4.78, 5) is 6.79. The Morgan fingerprint density at radius 3 is 2.74 bits per heavy atom. The number of pyridine rings is 1. The first kappa shape index (κ1) is 15.5. The molecule has 3 rings (SSSR count). The number of H-pyrrole nitrogens is 1. The van der Waals surface area contributed by atoms with Gasteiger partial charge >= 0.3 is 6.18 Å². The van der Waals surface area contributed by atoms with E-state index in [2.05, 4.69) is 36.4 Å². The second kappa shape index (κ2) is 6.04. The number of benzene rings is 1. The zero-order chi connectivity index (χ0) is 16.4. The summed E-state index contributed by atoms with van der Waals surface area (Å²) in [5, 5.41) is 4.98. The monoisotopic (exact) mass is 382 g/mol. The molecule has 23 heavy (non-hydrogen) atoms. The normalized spacial score (nSPS) is 12.2. The Balaban J connectivity index is 1.74. The number of nitrogens with zero attached hydrogens (tertiary/aromatic N) is 2. The van der Waals surface area contributed by atoms with Gasteiger partial charge in [-0.15, -0.1) is 0 Å². The first-order valence-corrected chi connectivity index (χ1v) is 7.32. The minimum absolute atomic E-state index is 0.232. The highest BCUT2D eigenvalue weighted by molar-refractivity contribution is 9.10. The number of nitrogens with one attached hydrogen (secondary N) is 2. The highest BCUT2D eigenvalue weighted by atomic mass is 79.9. The number of hydrogen-bond acceptors (Lipinski definition) is 3. The number of rotatable bonds is 3. The predicted molar refractivity (Wildman–Crippen MR) is 86.5 cm³/mol. The number of aromatic nitrogens is 2. The Bertz CT molecular complexity index is 853. The second-order valence-corrected chi connectivity index (χ2v) is 5.65. The molecular formula is C15H10BrF3N4. The van der Waals surface area contributed by atoms with E-state index in [0.717, 1.165) is 33.2 Å². The van der Waals surface area contributed by atoms with Gasteiger partial charge in [0.25, 0.3) is 0 Å². The van der Waals surface area contributed by atoms with Gasteiger partial charge in [-0.1, -0.05) is 15.9 Å². The molecule has 2 N–H and O–H groups in total. The summed E-state index contributed by atoms with van der Waals surface area (Å²) in [6, 6.07) is 7.98. The van der Waals surface area contributed by atoms with Crippen molar-refractivity contribution in [3.05, 3.63) is 58.3 Å². The zero-order valence-corrected chi connectivity index (χ0v) is 13.1. The summed E-state index contributed by atoms with van der Waals surface area (Å²) in [5.74, 6) is 0.232. The molecule has 0 saturated carbocycles. The van der Waals surface area contributed by atoms with Crippen LogP contribution in [0.2, 0.25) is 0 Å². The fourth-order valence-corrected chi connectivity index (χ4v) is 2.38. The van der Waals surface area contributed by atoms with Gasteiger partial charge in [0, 0.05) is 33.3 Å². The van der Waals surface area contributed by atoms with Crippen LogP contribution in [0.4, 0.5) is 19.0 Å². The fraction of sp³-hybridized carbons (Fsp3) is 0.0667. The van der Waals surface area contributed by atoms with Gasteiger partial charge in [-0.2, -0.15) is 18.3 Å². The van der Waals surface area contributed by atoms with Crippen molar-refractivity contribution in [2.24, 2.45) is 5.10 Å². The van der Waals surface area contributed by atoms with Crippen LogP contribution >= 0.6 is 15.9 Å². The molecule has 0 saturated heterocycles. The molecule has 2 heterocycles. The Kier molecular flexibility index (Phi) is 4.08. The molecule has 0 spiro atoms. The molecule has 0 bridgehead atoms. The van der Waals surface area contributed by atoms with Crippen LogP contribution in [0.1, 0.15) is 11.1 Å². The van der Waals surface area contributed by atoms with Crippen LogP contribution in [0, 0.1) is 0 Å². The van der Waals surface area contributed by atoms with Crippen molar-refractivity contribution >= 4 is 38.9 Å². The van der Waals surface area contributed by atoms with Crippen LogP contribution in [-0.4, -0.2) is 16.2 Å². The minimum atomic E-state index is -4.40. The SMILES string of the molecule is FC(F)(F)c1ccc(N/N=C\c2c[nH]c3ccc(Br)cc23)nc1. The number of hydrazone groups is 1. The van der Waals surface area contributed by atoms with Gasteiger partial charge in [-0.25, -0.2) is 4.98 Å². The Morgan fingerprint density at radius 1 is 1.22 bits per heavy atom. The molecule has 118 valence electrons. The summed E-state index contributed by atoms with van der Waals surface area (Å²) in [7, 11) is 0. The largest absolute Gasteiger partial charge is 0.417 e. The summed E-state index contributed by atoms with van der Waals surface area (Å²) in [6.45, 7) is 0. The van der Waals surface area contributed by atoms with Crippen molar-refractivity contribution in [3.63, 3.8) is 0 Å². The van der Waals surface area contributed by atoms with Gasteiger partial charge in [0.05, 0.1) is 11.8 Å². The van der Waals surface area contributed by atoms with Crippen LogP contribution in [0.5, 0.6) is 0 Å². The van der Waals surface area contributed by atoms with Crippen LogP contribution in [0.25, 0.3) is 10.9 Å². The lowest BCUT2D eigenvalue weighted by atomic mass is 10.2. The molecule has 1 aromatic carbocycles. The average Bonchev–Trinajstić information content (AvgIpc) is 2.89. The maximum absolute atomic E-state index is 12.4. The maximum atomic E-state index is 12.4. The van der Waals surface area contributed by atoms with Crippen LogP contribution in [0.15, 0.2) is 52.3 Å². The Morgan fingerprint density at radius 2 is 2.04 bits per heavy atom. The standard InChI is InChI=1S/C15H10BrF3N4/c16-11-2-3-13-12(5-11)9(6-20-13)7-22-23-14-4-1-10(8-21-14)15(17,18)19/h1-8,20H,(H,21,23)/b22-7-. The molecule has 3 aromatic rings. The molecule has 0 atom stereocenters. The van der Waals surface area contributed by atoms with Gasteiger partial charge in [0.1, 0.15) is 5.82 Å². The van der Waals surface area contributed by atoms with Crippen molar-refractivity contribution in [3.8, 4) is 0 Å². The van der Waals surface area contributed by atoms with Crippen LogP contribution in [0.3, 0.4) is 0 Å². The van der Waals surface area contributed by atoms with E-state index in [1.54, 1.807) is 12.4 Å². The number of fused-ring (bicyclic) bond motifs is 1. The van der Waals surface area contributed by atoms with E-state index in [9.17, 15) is 13.2 Å². The van der Waals surface area contributed by atoms with Crippen molar-refractivity contribution in [1.82, 2.24) is 9.97 Å². The van der Waals surface area contributed by atoms with Crippen molar-refractivity contribution < 1.29 is 13.2 Å². The zero-order valence-electron chi connectivity index (χ0n) is 11.5. The molecule has 0 radical (unpaired) electrons. The molecule has 0 aliphatic heterocycles. The molecule has 0 aliphatic carbocycles. The molecule has 0 unspecified atom stereocenters. The predicted octanol–water partition coefficient (Wildman–Crippen LogP) is 4.79. The number of hydrogen-bond donors (Lipinski definition) is 2. The van der Waals surface area contributed by atoms with Gasteiger partial charge < -0.3 is 4.98 Å². The maximum Gasteiger partial charge on any atom is 0.417 e. The van der Waals surface area contributed by atoms with E-state index < -0.39 is 11.7 Å². The average molecular weight is 383 g/mol. The Hall–Kier alpha value is -2.35. The third-order valence-corrected chi connectivity index (χ3v) is 3.64. The third kappa shape index (κ3) is 3.53. The smallest absolute Gasteiger partial charge is 0.361 e. The third-order valence-electron chi connectivity index (χ3n) is 3.15. The van der Waals surface area contributed by atoms with E-state index in [1.165, 1.54) is 6.07 Å². The van der Waals surface area contributed by atoms with Gasteiger partial charge in [0.2, 0.25) is 0 Å². The lowest BCUT2D eigenvalue weighted by Gasteiger charge is -2.06. The summed E-state index contributed by atoms with van der Waals surface area (Å²) in [6.07, 6.45) is -0.264. The minimum Gasteiger partial charge on any atom is -0.361 e. The van der Waals surface area contributed by atoms with Crippen molar-refractivity contribution in [2.45, 2.75) is 6.18 Å². The summed E-state index contributed by atoms with van der Waals surface area (Å²) < 4.78 is 38.3. The highest BCUT2D eigenvalue weighted by Crippen LogP contribution is 2.28. The second-order valence-electron chi connectivity index (χ2n) is 4.73. The number of alkyl halides is 3. The topological polar surface area (TPSA) is 53.1 Å². The molecule has 0 fully saturated rings. The van der Waals surface area contributed by atoms with Crippen molar-refractivity contribution in [2.75, 3.05) is 5.43 Å². The summed E-state index contributed by atoms with van der Waals surface area (Å²) >= 11 is 3.40. The van der Waals surface area contributed by atoms with Gasteiger partial charge in [-0.3, -0.25) is 5.43 Å². The summed E-state index contributed by atoms with van der Waals surface area (Å²) in [5.41, 5.74) is 3.62. The van der Waals surface area contributed by atoms with Gasteiger partial charge in [0.15, 0.2) is 0 Å². The molecular weight excluding hydrogens is 373 g/mol. The van der Waals surface area contributed by atoms with Crippen molar-refractivity contribution in [1.29, 1.82) is 0 Å². The number of halogens is 4. The number of anilines is 1. The van der Waals surface area contributed by atoms with Crippen LogP contribution in [-0.2, 0) is 6.18 Å². The van der Waals surface area contributed by atoms with E-state index >= 15 is 0 Å². The van der Waals surface area contributed by atoms with E-state index in [-0.39, 0.29) is 5.82 Å². The quantitative estimate of drug-likeness (QED) is 0.505. The lowest BCUT2D eigenvalue weighted by molar-refractivity contribution is -0.137. The first-order valence-electron chi connectivity index (χ1n) is 6.52. The highest BCUT2D eigenvalue weighted by Gasteiger charge is 2.30. The molecule has 0 aliphatic rings. The first-order chi connectivity index (χ1) is 10.9. The molecule has 8 heteroatoms. The van der Waals surface area contributed by atoms with E-state index in [4.69, 9.17) is 0 Å². The van der Waals surface area contributed by atoms with E-state index in [0.29, 0.717) is 0 Å². The van der Waals surface area contributed by atoms with E-state index in [1.807, 2.05) is 18.2 Å². The lowest BCUT2D eigenvalue weighted by Crippen LogP contribution is -2.05. The fourth-order valence-electron chi connectivity index (χ4n) is 2.02. The molecule has 4 nitrogen and oxygen atoms in total. The molecule has 2 aromatic heterocycles. The van der Waals surface area contributed by atoms with Crippen LogP contribution < -0.4 is 5.43 Å². The number of aromatic amines is 1. The van der Waals surface area contributed by atoms with Gasteiger partial charge in [-0.05, 0) is 30.3 Å².